The summed E-state index contributed by atoms with van der Waals surface area (Å²) in [4.78, 5) is 0.106. The smallest absolute Gasteiger partial charge is 0.242 e. The lowest BCUT2D eigenvalue weighted by molar-refractivity contribution is 0.311. The quantitative estimate of drug-likeness (QED) is 0.605. The first-order valence-corrected chi connectivity index (χ1v) is 8.10. The van der Waals surface area contributed by atoms with E-state index < -0.39 is 10.0 Å². The number of hydrogen-bond donors (Lipinski definition) is 2. The Hall–Kier alpha value is -2.05. The molecule has 5 nitrogen and oxygen atoms in total. The second kappa shape index (κ2) is 7.10. The minimum Gasteiger partial charge on any atom is -0.494 e. The monoisotopic (exact) mass is 306 g/mol. The van der Waals surface area contributed by atoms with Crippen LogP contribution in [0, 0.1) is 0 Å². The highest BCUT2D eigenvalue weighted by atomic mass is 32.2. The lowest BCUT2D eigenvalue weighted by Crippen LogP contribution is -2.26. The van der Waals surface area contributed by atoms with Crippen molar-refractivity contribution in [1.29, 1.82) is 0 Å². The van der Waals surface area contributed by atoms with Crippen molar-refractivity contribution in [3.63, 3.8) is 0 Å². The van der Waals surface area contributed by atoms with E-state index >= 15 is 0 Å². The van der Waals surface area contributed by atoms with E-state index in [1.807, 2.05) is 30.3 Å². The number of nitrogen functional groups attached to an aromatic ring is 1. The third kappa shape index (κ3) is 4.47. The highest BCUT2D eigenvalue weighted by Gasteiger charge is 2.15. The van der Waals surface area contributed by atoms with Crippen LogP contribution < -0.4 is 15.2 Å². The maximum atomic E-state index is 12.1. The molecular formula is C15H18N2O3S. The summed E-state index contributed by atoms with van der Waals surface area (Å²) >= 11 is 0. The van der Waals surface area contributed by atoms with Gasteiger partial charge in [-0.1, -0.05) is 30.3 Å². The molecule has 0 aromatic heterocycles. The summed E-state index contributed by atoms with van der Waals surface area (Å²) < 4.78 is 32.1. The Balaban J connectivity index is 1.79. The predicted octanol–water partition coefficient (Wildman–Crippen LogP) is 2.02. The molecule has 0 aliphatic rings. The average molecular weight is 306 g/mol. The average Bonchev–Trinajstić information content (AvgIpc) is 2.48. The van der Waals surface area contributed by atoms with Crippen molar-refractivity contribution in [3.8, 4) is 5.75 Å². The van der Waals surface area contributed by atoms with Gasteiger partial charge in [0.05, 0.1) is 12.3 Å². The zero-order valence-electron chi connectivity index (χ0n) is 11.5. The maximum absolute atomic E-state index is 12.1. The molecule has 0 saturated heterocycles. The van der Waals surface area contributed by atoms with E-state index in [1.54, 1.807) is 18.2 Å². The van der Waals surface area contributed by atoms with Gasteiger partial charge in [0.25, 0.3) is 0 Å². The number of para-hydroxylation sites is 2. The molecule has 2 rings (SSSR count). The van der Waals surface area contributed by atoms with E-state index in [9.17, 15) is 8.42 Å². The minimum atomic E-state index is -3.57. The molecule has 0 spiro atoms. The fraction of sp³-hybridized carbons (Fsp3) is 0.200. The Morgan fingerprint density at radius 1 is 1.00 bits per heavy atom. The van der Waals surface area contributed by atoms with Gasteiger partial charge in [0.15, 0.2) is 0 Å². The van der Waals surface area contributed by atoms with Gasteiger partial charge in [-0.25, -0.2) is 13.1 Å². The van der Waals surface area contributed by atoms with E-state index in [0.29, 0.717) is 19.6 Å². The summed E-state index contributed by atoms with van der Waals surface area (Å²) in [6.45, 7) is 0.736. The molecule has 21 heavy (non-hydrogen) atoms. The third-order valence-corrected chi connectivity index (χ3v) is 4.37. The summed E-state index contributed by atoms with van der Waals surface area (Å²) in [6.07, 6.45) is 0.570. The van der Waals surface area contributed by atoms with Crippen LogP contribution in [0.3, 0.4) is 0 Å². The Kier molecular flexibility index (Phi) is 5.19. The number of ether oxygens (including phenoxy) is 1. The fourth-order valence-electron chi connectivity index (χ4n) is 1.79. The lowest BCUT2D eigenvalue weighted by Gasteiger charge is -2.09. The van der Waals surface area contributed by atoms with Gasteiger partial charge in [-0.2, -0.15) is 0 Å². The summed E-state index contributed by atoms with van der Waals surface area (Å²) in [7, 11) is -3.57. The summed E-state index contributed by atoms with van der Waals surface area (Å²) in [5.74, 6) is 0.771. The van der Waals surface area contributed by atoms with Crippen molar-refractivity contribution in [2.24, 2.45) is 0 Å². The van der Waals surface area contributed by atoms with E-state index in [2.05, 4.69) is 4.72 Å². The number of nitrogens with two attached hydrogens (primary N) is 1. The number of hydrogen-bond acceptors (Lipinski definition) is 4. The second-order valence-corrected chi connectivity index (χ2v) is 6.19. The van der Waals surface area contributed by atoms with E-state index in [1.165, 1.54) is 6.07 Å². The highest BCUT2D eigenvalue weighted by Crippen LogP contribution is 2.16. The standard InChI is InChI=1S/C15H18N2O3S/c16-14-9-4-5-10-15(14)21(18,19)17-11-6-12-20-13-7-2-1-3-8-13/h1-5,7-10,17H,6,11-12,16H2. The molecule has 0 radical (unpaired) electrons. The molecule has 2 aromatic rings. The SMILES string of the molecule is Nc1ccccc1S(=O)(=O)NCCCOc1ccccc1. The molecule has 2 aromatic carbocycles. The molecule has 0 amide bonds. The van der Waals surface area contributed by atoms with E-state index in [4.69, 9.17) is 10.5 Å². The molecule has 3 N–H and O–H groups in total. The molecule has 112 valence electrons. The van der Waals surface area contributed by atoms with Gasteiger partial charge < -0.3 is 10.5 Å². The van der Waals surface area contributed by atoms with Crippen LogP contribution in [-0.4, -0.2) is 21.6 Å². The van der Waals surface area contributed by atoms with E-state index in [-0.39, 0.29) is 10.6 Å². The molecule has 0 atom stereocenters. The first-order valence-electron chi connectivity index (χ1n) is 6.61. The molecular weight excluding hydrogens is 288 g/mol. The third-order valence-electron chi connectivity index (χ3n) is 2.83. The van der Waals surface area contributed by atoms with Crippen LogP contribution in [0.5, 0.6) is 5.75 Å². The zero-order chi connectivity index (χ0) is 15.1. The van der Waals surface area contributed by atoms with Crippen molar-refractivity contribution >= 4 is 15.7 Å². The maximum Gasteiger partial charge on any atom is 0.242 e. The number of sulfonamides is 1. The van der Waals surface area contributed by atoms with Crippen molar-refractivity contribution in [1.82, 2.24) is 4.72 Å². The van der Waals surface area contributed by atoms with Gasteiger partial charge in [0.2, 0.25) is 10.0 Å². The largest absolute Gasteiger partial charge is 0.494 e. The Bertz CT molecular complexity index is 672. The van der Waals surface area contributed by atoms with Gasteiger partial charge >= 0.3 is 0 Å². The molecule has 0 fully saturated rings. The van der Waals surface area contributed by atoms with E-state index in [0.717, 1.165) is 5.75 Å². The van der Waals surface area contributed by atoms with Crippen LogP contribution in [0.2, 0.25) is 0 Å². The van der Waals surface area contributed by atoms with Crippen LogP contribution in [0.1, 0.15) is 6.42 Å². The number of anilines is 1. The number of nitrogens with one attached hydrogen (secondary N) is 1. The summed E-state index contributed by atoms with van der Waals surface area (Å²) in [5, 5.41) is 0. The lowest BCUT2D eigenvalue weighted by atomic mass is 10.3. The van der Waals surface area contributed by atoms with Gasteiger partial charge in [0.1, 0.15) is 10.6 Å². The number of benzene rings is 2. The first kappa shape index (κ1) is 15.3. The first-order chi connectivity index (χ1) is 10.1. The van der Waals surface area contributed by atoms with Crippen LogP contribution in [0.4, 0.5) is 5.69 Å². The van der Waals surface area contributed by atoms with Gasteiger partial charge in [-0.15, -0.1) is 0 Å². The van der Waals surface area contributed by atoms with Crippen LogP contribution in [0.15, 0.2) is 59.5 Å². The number of rotatable bonds is 7. The van der Waals surface area contributed by atoms with Crippen molar-refractivity contribution in [2.45, 2.75) is 11.3 Å². The molecule has 6 heteroatoms. The molecule has 0 bridgehead atoms. The molecule has 0 heterocycles. The molecule has 0 aliphatic carbocycles. The van der Waals surface area contributed by atoms with Crippen LogP contribution >= 0.6 is 0 Å². The Morgan fingerprint density at radius 2 is 1.67 bits per heavy atom. The van der Waals surface area contributed by atoms with Crippen molar-refractivity contribution < 1.29 is 13.2 Å². The molecule has 0 saturated carbocycles. The normalized spacial score (nSPS) is 11.2. The van der Waals surface area contributed by atoms with Gasteiger partial charge in [-0.3, -0.25) is 0 Å². The second-order valence-electron chi connectivity index (χ2n) is 4.45. The summed E-state index contributed by atoms with van der Waals surface area (Å²) in [6, 6.07) is 15.8. The topological polar surface area (TPSA) is 81.4 Å². The predicted molar refractivity (Wildman–Crippen MR) is 82.6 cm³/mol. The van der Waals surface area contributed by atoms with Crippen molar-refractivity contribution in [3.05, 3.63) is 54.6 Å². The van der Waals surface area contributed by atoms with Crippen LogP contribution in [0.25, 0.3) is 0 Å². The summed E-state index contributed by atoms with van der Waals surface area (Å²) in [5.41, 5.74) is 5.91. The fourth-order valence-corrected chi connectivity index (χ4v) is 2.99. The Morgan fingerprint density at radius 3 is 2.38 bits per heavy atom. The van der Waals surface area contributed by atoms with Gasteiger partial charge in [0, 0.05) is 6.54 Å². The Labute approximate surface area is 124 Å². The van der Waals surface area contributed by atoms with Gasteiger partial charge in [-0.05, 0) is 30.7 Å². The molecule has 0 unspecified atom stereocenters. The minimum absolute atomic E-state index is 0.106. The highest BCUT2D eigenvalue weighted by molar-refractivity contribution is 7.89. The van der Waals surface area contributed by atoms with Crippen LogP contribution in [-0.2, 0) is 10.0 Å². The zero-order valence-corrected chi connectivity index (χ0v) is 12.3. The van der Waals surface area contributed by atoms with Crippen molar-refractivity contribution in [2.75, 3.05) is 18.9 Å². The molecule has 0 aliphatic heterocycles.